The summed E-state index contributed by atoms with van der Waals surface area (Å²) in [4.78, 5) is 0. The summed E-state index contributed by atoms with van der Waals surface area (Å²) in [7, 11) is 0. The van der Waals surface area contributed by atoms with Gasteiger partial charge in [0.2, 0.25) is 0 Å². The molecule has 0 radical (unpaired) electrons. The van der Waals surface area contributed by atoms with Gasteiger partial charge in [-0.2, -0.15) is 0 Å². The summed E-state index contributed by atoms with van der Waals surface area (Å²) in [5, 5.41) is 0. The fraction of sp³-hybridized carbons (Fsp3) is 0.647. The number of fused-ring (bicyclic) bond motifs is 1. The Morgan fingerprint density at radius 2 is 1.53 bits per heavy atom. The van der Waals surface area contributed by atoms with Crippen molar-refractivity contribution in [3.05, 3.63) is 35.4 Å². The quantitative estimate of drug-likeness (QED) is 0.655. The van der Waals surface area contributed by atoms with E-state index in [1.54, 1.807) is 0 Å². The smallest absolute Gasteiger partial charge is 0.00802 e. The molecule has 0 nitrogen and oxygen atoms in total. The van der Waals surface area contributed by atoms with E-state index in [1.165, 1.54) is 30.4 Å². The second kappa shape index (κ2) is 6.70. The molecule has 0 saturated carbocycles. The van der Waals surface area contributed by atoms with Gasteiger partial charge in [0.1, 0.15) is 0 Å². The van der Waals surface area contributed by atoms with Crippen LogP contribution in [0.2, 0.25) is 0 Å². The third kappa shape index (κ3) is 4.82. The Hall–Kier alpha value is -0.960. The molecule has 0 amide bonds. The van der Waals surface area contributed by atoms with E-state index in [-0.39, 0.29) is 0 Å². The van der Waals surface area contributed by atoms with Crippen molar-refractivity contribution in [1.29, 1.82) is 0 Å². The highest BCUT2D eigenvalue weighted by molar-refractivity contribution is 5.26. The van der Waals surface area contributed by atoms with Crippen molar-refractivity contribution in [3.63, 3.8) is 0 Å². The van der Waals surface area contributed by atoms with Crippen molar-refractivity contribution in [2.75, 3.05) is 0 Å². The topological polar surface area (TPSA) is 0 Å². The third-order valence-corrected chi connectivity index (χ3v) is 3.20. The highest BCUT2D eigenvalue weighted by Crippen LogP contribution is 2.29. The molecule has 0 fully saturated rings. The van der Waals surface area contributed by atoms with Crippen molar-refractivity contribution < 1.29 is 0 Å². The summed E-state index contributed by atoms with van der Waals surface area (Å²) in [5.74, 6) is 2.53. The Labute approximate surface area is 107 Å². The lowest BCUT2D eigenvalue weighted by molar-refractivity contribution is 0.343. The summed E-state index contributed by atoms with van der Waals surface area (Å²) in [6.45, 7) is 11.2. The lowest BCUT2D eigenvalue weighted by atomic mass is 9.79. The van der Waals surface area contributed by atoms with Gasteiger partial charge >= 0.3 is 0 Å². The van der Waals surface area contributed by atoms with Crippen molar-refractivity contribution >= 4 is 0 Å². The zero-order chi connectivity index (χ0) is 12.8. The van der Waals surface area contributed by atoms with E-state index in [2.05, 4.69) is 58.9 Å². The van der Waals surface area contributed by atoms with E-state index in [0.29, 0.717) is 0 Å². The Kier molecular flexibility index (Phi) is 5.56. The molecule has 94 valence electrons. The Balaban J connectivity index is 0.000000317. The summed E-state index contributed by atoms with van der Waals surface area (Å²) in [6, 6.07) is 10.3. The first-order valence-electron chi connectivity index (χ1n) is 6.90. The van der Waals surface area contributed by atoms with Crippen LogP contribution in [0.1, 0.15) is 52.2 Å². The molecule has 1 aliphatic carbocycles. The fourth-order valence-electron chi connectivity index (χ4n) is 2.16. The molecule has 1 aromatic carbocycles. The minimum Gasteiger partial charge on any atom is -0.0699 e. The highest BCUT2D eigenvalue weighted by atomic mass is 14.2. The fourth-order valence-corrected chi connectivity index (χ4v) is 2.16. The molecule has 1 unspecified atom stereocenters. The maximum absolute atomic E-state index is 3.05. The first kappa shape index (κ1) is 14.1. The van der Waals surface area contributed by atoms with Gasteiger partial charge in [-0.15, -0.1) is 0 Å². The van der Waals surface area contributed by atoms with Crippen LogP contribution in [0.5, 0.6) is 0 Å². The van der Waals surface area contributed by atoms with Crippen molar-refractivity contribution in [3.8, 4) is 0 Å². The van der Waals surface area contributed by atoms with E-state index < -0.39 is 0 Å². The van der Waals surface area contributed by atoms with Crippen LogP contribution in [0.4, 0.5) is 0 Å². The van der Waals surface area contributed by atoms with Crippen LogP contribution in [-0.2, 0) is 12.8 Å². The van der Waals surface area contributed by atoms with Crippen LogP contribution >= 0.6 is 0 Å². The van der Waals surface area contributed by atoms with Crippen molar-refractivity contribution in [1.82, 2.24) is 0 Å². The lowest BCUT2D eigenvalue weighted by Gasteiger charge is -2.26. The van der Waals surface area contributed by atoms with Gasteiger partial charge in [0, 0.05) is 0 Å². The molecule has 0 bridgehead atoms. The molecule has 1 atom stereocenters. The third-order valence-electron chi connectivity index (χ3n) is 3.20. The summed E-state index contributed by atoms with van der Waals surface area (Å²) < 4.78 is 0. The molecule has 2 rings (SSSR count). The summed E-state index contributed by atoms with van der Waals surface area (Å²) in [6.07, 6.45) is 3.84. The molecule has 1 aliphatic rings. The van der Waals surface area contributed by atoms with Gasteiger partial charge in [0.25, 0.3) is 0 Å². The van der Waals surface area contributed by atoms with Gasteiger partial charge < -0.3 is 0 Å². The maximum atomic E-state index is 3.05. The summed E-state index contributed by atoms with van der Waals surface area (Å²) >= 11 is 0. The highest BCUT2D eigenvalue weighted by Gasteiger charge is 2.20. The standard InChI is InChI=1S/C13H16.C4H10/c1-10(2)12-8-7-11-5-3-4-6-13(11)9-12;1-4(2)3/h5-6,10,12H,7-9H2,1-2H3;4H,1-3H3. The Morgan fingerprint density at radius 3 is 2.06 bits per heavy atom. The normalized spacial score (nSPS) is 18.2. The van der Waals surface area contributed by atoms with Gasteiger partial charge in [-0.1, -0.05) is 46.8 Å². The number of hydrogen-bond donors (Lipinski definition) is 0. The number of rotatable bonds is 1. The van der Waals surface area contributed by atoms with Crippen molar-refractivity contribution in [2.45, 2.75) is 53.9 Å². The molecule has 0 spiro atoms. The first-order chi connectivity index (χ1) is 8.00. The van der Waals surface area contributed by atoms with Gasteiger partial charge in [-0.25, -0.2) is 0 Å². The minimum atomic E-state index is 0.817. The maximum Gasteiger partial charge on any atom is -0.00802 e. The van der Waals surface area contributed by atoms with E-state index in [1.807, 2.05) is 0 Å². The van der Waals surface area contributed by atoms with E-state index in [0.717, 1.165) is 17.8 Å². The SMILES string of the molecule is CC(C)C.CC(C)C1CCc2cc#ccc2C1. The van der Waals surface area contributed by atoms with Crippen molar-refractivity contribution in [2.24, 2.45) is 17.8 Å². The second-order valence-electron chi connectivity index (χ2n) is 6.11. The van der Waals surface area contributed by atoms with Crippen LogP contribution in [0, 0.1) is 29.9 Å². The minimum absolute atomic E-state index is 0.817. The van der Waals surface area contributed by atoms with Gasteiger partial charge in [0.05, 0.1) is 0 Å². The van der Waals surface area contributed by atoms with E-state index in [4.69, 9.17) is 0 Å². The number of aryl methyl sites for hydroxylation is 1. The molecule has 17 heavy (non-hydrogen) atoms. The molecular weight excluding hydrogens is 204 g/mol. The van der Waals surface area contributed by atoms with Gasteiger partial charge in [-0.3, -0.25) is 0 Å². The first-order valence-corrected chi connectivity index (χ1v) is 6.90. The number of hydrogen-bond acceptors (Lipinski definition) is 0. The lowest BCUT2D eigenvalue weighted by Crippen LogP contribution is -2.18. The predicted octanol–water partition coefficient (Wildman–Crippen LogP) is 4.71. The summed E-state index contributed by atoms with van der Waals surface area (Å²) in [5.41, 5.74) is 3.00. The van der Waals surface area contributed by atoms with Crippen LogP contribution in [-0.4, -0.2) is 0 Å². The molecule has 0 aromatic heterocycles. The monoisotopic (exact) mass is 230 g/mol. The molecule has 0 saturated heterocycles. The van der Waals surface area contributed by atoms with Crippen LogP contribution in [0.15, 0.2) is 12.1 Å². The largest absolute Gasteiger partial charge is 0.0699 e. The van der Waals surface area contributed by atoms with Gasteiger partial charge in [-0.05, 0) is 60.3 Å². The van der Waals surface area contributed by atoms with Crippen LogP contribution < -0.4 is 0 Å². The zero-order valence-electron chi connectivity index (χ0n) is 12.0. The Morgan fingerprint density at radius 1 is 1.00 bits per heavy atom. The average molecular weight is 230 g/mol. The molecule has 0 heteroatoms. The molecule has 0 N–H and O–H groups in total. The van der Waals surface area contributed by atoms with Gasteiger partial charge in [0.15, 0.2) is 0 Å². The zero-order valence-corrected chi connectivity index (χ0v) is 12.0. The van der Waals surface area contributed by atoms with E-state index in [9.17, 15) is 0 Å². The second-order valence-corrected chi connectivity index (χ2v) is 6.11. The molecular formula is C17H26. The molecule has 1 aromatic rings. The molecule has 0 heterocycles. The molecule has 0 aliphatic heterocycles. The predicted molar refractivity (Wildman–Crippen MR) is 75.0 cm³/mol. The van der Waals surface area contributed by atoms with Crippen LogP contribution in [0.25, 0.3) is 0 Å². The van der Waals surface area contributed by atoms with Crippen LogP contribution in [0.3, 0.4) is 0 Å². The van der Waals surface area contributed by atoms with E-state index >= 15 is 0 Å². The Bertz CT molecular complexity index is 320. The average Bonchev–Trinajstić information content (AvgIpc) is 2.27.